The van der Waals surface area contributed by atoms with E-state index in [1.165, 1.54) is 172 Å². The lowest BCUT2D eigenvalue weighted by molar-refractivity contribution is 0.459. The lowest BCUT2D eigenvalue weighted by Gasteiger charge is -2.38. The second-order valence-electron chi connectivity index (χ2n) is 20.4. The molecule has 2 nitrogen and oxygen atoms in total. The fourth-order valence-corrected chi connectivity index (χ4v) is 11.8. The first-order chi connectivity index (χ1) is 29.2. The van der Waals surface area contributed by atoms with Crippen molar-refractivity contribution < 1.29 is 0 Å². The average Bonchev–Trinajstić information content (AvgIpc) is 3.64. The number of fused-ring (bicyclic) bond motifs is 5. The molecule has 2 aliphatic heterocycles. The number of nitrogens with zero attached hydrogens (tertiary/aromatic N) is 2. The van der Waals surface area contributed by atoms with E-state index in [1.807, 2.05) is 0 Å². The van der Waals surface area contributed by atoms with Gasteiger partial charge in [-0.25, -0.2) is 9.98 Å². The zero-order chi connectivity index (χ0) is 41.7. The van der Waals surface area contributed by atoms with E-state index in [0.717, 1.165) is 11.8 Å². The highest BCUT2D eigenvalue weighted by Crippen LogP contribution is 2.59. The zero-order valence-electron chi connectivity index (χ0n) is 38.9. The number of unbranched alkanes of at least 4 members (excludes halogenated alkanes) is 14. The van der Waals surface area contributed by atoms with Crippen LogP contribution >= 0.6 is 24.0 Å². The highest BCUT2D eigenvalue weighted by atomic mass is 127. The number of para-hydroxylation sites is 2. The largest absolute Gasteiger partial charge is 0.248 e. The molecule has 1 fully saturated rings. The van der Waals surface area contributed by atoms with E-state index in [1.54, 1.807) is 22.3 Å². The van der Waals surface area contributed by atoms with Crippen LogP contribution in [-0.4, -0.2) is 0 Å². The Labute approximate surface area is 387 Å². The molecule has 0 aromatic heterocycles. The quantitative estimate of drug-likeness (QED) is 0.0677. The molecule has 0 bridgehead atoms. The Morgan fingerprint density at radius 3 is 1.90 bits per heavy atom. The maximum Gasteiger partial charge on any atom is 0.0716 e. The van der Waals surface area contributed by atoms with Gasteiger partial charge in [-0.05, 0) is 91.0 Å². The number of hydrogen-bond donors (Lipinski definition) is 0. The number of allylic oxidation sites excluding steroid dienone is 11. The zero-order valence-corrected chi connectivity index (χ0v) is 41.2. The van der Waals surface area contributed by atoms with E-state index in [9.17, 15) is 0 Å². The lowest BCUT2D eigenvalue weighted by Crippen LogP contribution is -2.30. The Balaban J connectivity index is 0.00000561. The van der Waals surface area contributed by atoms with Crippen LogP contribution in [0.4, 0.5) is 0 Å². The molecule has 2 aromatic rings. The SMILES string of the molecule is CCCCCCCCCCC1=C(C=CC2=C3C(C=C4C(CCCCCCCCCC)C5=c6ccccc6=NC5=CC4(C)C)C3CCC2)C(C)(C)C=C2N=c3ccccc3=C21.I. The van der Waals surface area contributed by atoms with Crippen molar-refractivity contribution in [3.63, 3.8) is 0 Å². The fraction of sp³-hybridized carbons (Fsp3) is 0.552. The molecule has 326 valence electrons. The molecule has 6 aliphatic rings. The first-order valence-electron chi connectivity index (χ1n) is 24.9. The van der Waals surface area contributed by atoms with Gasteiger partial charge in [0.15, 0.2) is 0 Å². The third-order valence-electron chi connectivity index (χ3n) is 15.0. The Morgan fingerprint density at radius 2 is 1.21 bits per heavy atom. The average molecular weight is 929 g/mol. The third kappa shape index (κ3) is 10.2. The van der Waals surface area contributed by atoms with Gasteiger partial charge in [0.1, 0.15) is 0 Å². The molecule has 61 heavy (non-hydrogen) atoms. The van der Waals surface area contributed by atoms with Crippen molar-refractivity contribution >= 4 is 35.1 Å². The molecule has 0 N–H and O–H groups in total. The van der Waals surface area contributed by atoms with E-state index in [2.05, 4.69) is 120 Å². The van der Waals surface area contributed by atoms with Gasteiger partial charge in [0.2, 0.25) is 0 Å². The van der Waals surface area contributed by atoms with Crippen molar-refractivity contribution in [2.45, 2.75) is 176 Å². The predicted octanol–water partition coefficient (Wildman–Crippen LogP) is 14.6. The molecule has 0 spiro atoms. The minimum Gasteiger partial charge on any atom is -0.248 e. The van der Waals surface area contributed by atoms with E-state index in [0.29, 0.717) is 17.8 Å². The molecular weight excluding hydrogens is 852 g/mol. The molecule has 3 unspecified atom stereocenters. The minimum atomic E-state index is -0.0701. The summed E-state index contributed by atoms with van der Waals surface area (Å²) in [5, 5.41) is 5.02. The molecule has 0 saturated heterocycles. The summed E-state index contributed by atoms with van der Waals surface area (Å²) >= 11 is 0. The van der Waals surface area contributed by atoms with Crippen LogP contribution in [-0.2, 0) is 0 Å². The van der Waals surface area contributed by atoms with Crippen molar-refractivity contribution in [3.05, 3.63) is 139 Å². The maximum atomic E-state index is 5.24. The van der Waals surface area contributed by atoms with Crippen LogP contribution in [0.15, 0.2) is 128 Å². The summed E-state index contributed by atoms with van der Waals surface area (Å²) in [6.45, 7) is 14.4. The van der Waals surface area contributed by atoms with Crippen LogP contribution < -0.4 is 21.2 Å². The van der Waals surface area contributed by atoms with Crippen molar-refractivity contribution in [1.29, 1.82) is 0 Å². The van der Waals surface area contributed by atoms with Crippen molar-refractivity contribution in [2.75, 3.05) is 0 Å². The number of benzene rings is 2. The summed E-state index contributed by atoms with van der Waals surface area (Å²) in [5.41, 5.74) is 13.4. The van der Waals surface area contributed by atoms with Gasteiger partial charge in [0.25, 0.3) is 0 Å². The first-order valence-corrected chi connectivity index (χ1v) is 24.9. The van der Waals surface area contributed by atoms with Crippen LogP contribution in [0.5, 0.6) is 0 Å². The molecule has 0 radical (unpaired) electrons. The van der Waals surface area contributed by atoms with E-state index in [-0.39, 0.29) is 34.8 Å². The van der Waals surface area contributed by atoms with Gasteiger partial charge in [-0.3, -0.25) is 0 Å². The van der Waals surface area contributed by atoms with Crippen molar-refractivity contribution in [3.8, 4) is 0 Å². The summed E-state index contributed by atoms with van der Waals surface area (Å²) in [6.07, 6.45) is 40.9. The van der Waals surface area contributed by atoms with Gasteiger partial charge in [-0.15, -0.1) is 24.0 Å². The normalized spacial score (nSPS) is 23.4. The first kappa shape index (κ1) is 46.0. The highest BCUT2D eigenvalue weighted by molar-refractivity contribution is 14.0. The van der Waals surface area contributed by atoms with E-state index < -0.39 is 0 Å². The van der Waals surface area contributed by atoms with Gasteiger partial charge in [0.05, 0.1) is 22.1 Å². The van der Waals surface area contributed by atoms with Gasteiger partial charge in [0, 0.05) is 38.7 Å². The number of rotatable bonds is 21. The summed E-state index contributed by atoms with van der Waals surface area (Å²) < 4.78 is 0. The lowest BCUT2D eigenvalue weighted by atomic mass is 9.66. The minimum absolute atomic E-state index is 0. The molecule has 2 heterocycles. The van der Waals surface area contributed by atoms with Crippen molar-refractivity contribution in [2.24, 2.45) is 38.6 Å². The summed E-state index contributed by atoms with van der Waals surface area (Å²) in [4.78, 5) is 10.4. The monoisotopic (exact) mass is 929 g/mol. The molecule has 3 heteroatoms. The molecular formula is C58H77IN2. The Morgan fingerprint density at radius 1 is 0.639 bits per heavy atom. The summed E-state index contributed by atoms with van der Waals surface area (Å²) in [5.74, 6) is 1.71. The maximum absolute atomic E-state index is 5.24. The summed E-state index contributed by atoms with van der Waals surface area (Å²) in [6, 6.07) is 17.8. The van der Waals surface area contributed by atoms with Crippen LogP contribution in [0, 0.1) is 28.6 Å². The smallest absolute Gasteiger partial charge is 0.0716 e. The second-order valence-corrected chi connectivity index (χ2v) is 20.4. The fourth-order valence-electron chi connectivity index (χ4n) is 11.8. The Bertz CT molecular complexity index is 2360. The predicted molar refractivity (Wildman–Crippen MR) is 270 cm³/mol. The Kier molecular flexibility index (Phi) is 15.5. The third-order valence-corrected chi connectivity index (χ3v) is 15.0. The van der Waals surface area contributed by atoms with E-state index >= 15 is 0 Å². The van der Waals surface area contributed by atoms with Gasteiger partial charge < -0.3 is 0 Å². The van der Waals surface area contributed by atoms with Gasteiger partial charge >= 0.3 is 0 Å². The number of hydrogen-bond acceptors (Lipinski definition) is 2. The van der Waals surface area contributed by atoms with Crippen LogP contribution in [0.1, 0.15) is 176 Å². The van der Waals surface area contributed by atoms with Gasteiger partial charge in [-0.2, -0.15) is 0 Å². The molecule has 4 aliphatic carbocycles. The van der Waals surface area contributed by atoms with Crippen LogP contribution in [0.3, 0.4) is 0 Å². The molecule has 3 atom stereocenters. The molecule has 0 amide bonds. The molecule has 1 saturated carbocycles. The summed E-state index contributed by atoms with van der Waals surface area (Å²) in [7, 11) is 0. The molecule has 2 aromatic carbocycles. The van der Waals surface area contributed by atoms with Crippen LogP contribution in [0.25, 0.3) is 11.1 Å². The van der Waals surface area contributed by atoms with Crippen LogP contribution in [0.2, 0.25) is 0 Å². The Hall–Kier alpha value is -3.05. The standard InChI is InChI=1S/C58H76N2.HI/c1-7-9-11-13-15-17-19-21-29-43-48(57(3,4)39-52-55(43)45-31-23-25-34-50(45)59-52)37-36-41-28-27-33-42-47(54(41)42)38-49-44(30-22-20-18-16-14-12-10-8-2)56-46-32-24-26-35-51(46)60-53(56)40-58(49,5)6;/h23-26,31-32,34-40,42,44,47H,7-22,27-30,33H2,1-6H3;1H. The second kappa shape index (κ2) is 20.6. The topological polar surface area (TPSA) is 24.7 Å². The number of halogens is 1. The van der Waals surface area contributed by atoms with E-state index in [4.69, 9.17) is 9.98 Å². The van der Waals surface area contributed by atoms with Crippen molar-refractivity contribution in [1.82, 2.24) is 0 Å². The molecule has 8 rings (SSSR count). The highest BCUT2D eigenvalue weighted by Gasteiger charge is 2.48. The van der Waals surface area contributed by atoms with Gasteiger partial charge in [-0.1, -0.05) is 204 Å².